The maximum Gasteiger partial charge on any atom is 0.306 e. The Hall–Kier alpha value is -1.40. The van der Waals surface area contributed by atoms with E-state index in [0.29, 0.717) is 15.1 Å². The summed E-state index contributed by atoms with van der Waals surface area (Å²) in [5.74, 6) is -0.519. The maximum absolute atomic E-state index is 11.9. The van der Waals surface area contributed by atoms with Crippen LogP contribution in [0.15, 0.2) is 12.1 Å². The van der Waals surface area contributed by atoms with E-state index < -0.39 is 5.97 Å². The highest BCUT2D eigenvalue weighted by molar-refractivity contribution is 7.18. The van der Waals surface area contributed by atoms with Crippen LogP contribution in [0.5, 0.6) is 0 Å². The second-order valence-corrected chi connectivity index (χ2v) is 7.84. The molecule has 132 valence electrons. The van der Waals surface area contributed by atoms with Gasteiger partial charge in [0, 0.05) is 12.5 Å². The topological polar surface area (TPSA) is 72.5 Å². The zero-order chi connectivity index (χ0) is 17.5. The first-order valence-corrected chi connectivity index (χ1v) is 9.38. The number of rotatable bonds is 7. The monoisotopic (exact) mass is 371 g/mol. The molecule has 0 aromatic carbocycles. The smallest absolute Gasteiger partial charge is 0.306 e. The van der Waals surface area contributed by atoms with E-state index in [9.17, 15) is 14.4 Å². The lowest BCUT2D eigenvalue weighted by Gasteiger charge is -2.29. The van der Waals surface area contributed by atoms with Gasteiger partial charge in [-0.2, -0.15) is 0 Å². The molecule has 1 amide bonds. The second kappa shape index (κ2) is 9.18. The Labute approximate surface area is 150 Å². The van der Waals surface area contributed by atoms with Crippen molar-refractivity contribution in [2.75, 3.05) is 6.61 Å². The number of halogens is 1. The third-order valence-corrected chi connectivity index (χ3v) is 5.50. The summed E-state index contributed by atoms with van der Waals surface area (Å²) in [6.07, 6.45) is 4.41. The van der Waals surface area contributed by atoms with Crippen molar-refractivity contribution in [1.82, 2.24) is 5.32 Å². The lowest BCUT2D eigenvalue weighted by Crippen LogP contribution is -2.42. The molecule has 0 spiro atoms. The summed E-state index contributed by atoms with van der Waals surface area (Å²) in [6, 6.07) is 3.45. The largest absolute Gasteiger partial charge is 0.456 e. The predicted molar refractivity (Wildman–Crippen MR) is 93.4 cm³/mol. The van der Waals surface area contributed by atoms with Crippen LogP contribution in [0.1, 0.15) is 55.1 Å². The minimum Gasteiger partial charge on any atom is -0.456 e. The average Bonchev–Trinajstić information content (AvgIpc) is 2.99. The first-order valence-electron chi connectivity index (χ1n) is 8.19. The van der Waals surface area contributed by atoms with Gasteiger partial charge in [0.2, 0.25) is 0 Å². The van der Waals surface area contributed by atoms with Gasteiger partial charge in [-0.3, -0.25) is 14.4 Å². The Morgan fingerprint density at radius 3 is 2.67 bits per heavy atom. The van der Waals surface area contributed by atoms with Gasteiger partial charge in [0.05, 0.1) is 15.6 Å². The molecule has 5 nitrogen and oxygen atoms in total. The molecule has 0 aliphatic heterocycles. The normalized spacial score (nSPS) is 20.4. The first-order chi connectivity index (χ1) is 11.5. The predicted octanol–water partition coefficient (Wildman–Crippen LogP) is 3.60. The van der Waals surface area contributed by atoms with Gasteiger partial charge in [0.15, 0.2) is 12.4 Å². The number of ether oxygens (including phenoxy) is 1. The molecule has 1 saturated carbocycles. The number of hydrogen-bond acceptors (Lipinski definition) is 5. The van der Waals surface area contributed by atoms with Gasteiger partial charge in [-0.1, -0.05) is 31.4 Å². The van der Waals surface area contributed by atoms with E-state index in [-0.39, 0.29) is 37.2 Å². The van der Waals surface area contributed by atoms with Gasteiger partial charge < -0.3 is 10.1 Å². The third-order valence-electron chi connectivity index (χ3n) is 4.23. The molecule has 0 unspecified atom stereocenters. The summed E-state index contributed by atoms with van der Waals surface area (Å²) >= 11 is 6.96. The zero-order valence-electron chi connectivity index (χ0n) is 13.7. The lowest BCUT2D eigenvalue weighted by atomic mass is 9.86. The summed E-state index contributed by atoms with van der Waals surface area (Å²) in [4.78, 5) is 35.9. The molecule has 0 saturated heterocycles. The van der Waals surface area contributed by atoms with Gasteiger partial charge in [-0.25, -0.2) is 0 Å². The van der Waals surface area contributed by atoms with E-state index in [4.69, 9.17) is 16.3 Å². The summed E-state index contributed by atoms with van der Waals surface area (Å²) in [6.45, 7) is 1.83. The molecule has 0 radical (unpaired) electrons. The molecule has 0 bridgehead atoms. The zero-order valence-corrected chi connectivity index (χ0v) is 15.3. The number of hydrogen-bond donors (Lipinski definition) is 1. The molecule has 1 aromatic rings. The molecule has 2 rings (SSSR count). The molecular weight excluding hydrogens is 350 g/mol. The minimum atomic E-state index is -0.544. The number of amides is 1. The number of nitrogens with one attached hydrogen (secondary N) is 1. The van der Waals surface area contributed by atoms with E-state index in [0.717, 1.165) is 19.3 Å². The Morgan fingerprint density at radius 2 is 2.00 bits per heavy atom. The van der Waals surface area contributed by atoms with Crippen LogP contribution < -0.4 is 5.32 Å². The van der Waals surface area contributed by atoms with Crippen LogP contribution in [0.2, 0.25) is 4.34 Å². The molecule has 2 atom stereocenters. The SMILES string of the molecule is C[C@H]1CCCC[C@@H]1NC(=O)COC(=O)CCC(=O)c1ccc(Cl)s1. The van der Waals surface area contributed by atoms with E-state index >= 15 is 0 Å². The van der Waals surface area contributed by atoms with Crippen molar-refractivity contribution in [3.05, 3.63) is 21.3 Å². The van der Waals surface area contributed by atoms with Crippen LogP contribution >= 0.6 is 22.9 Å². The average molecular weight is 372 g/mol. The van der Waals surface area contributed by atoms with E-state index in [1.807, 2.05) is 0 Å². The number of carbonyl (C=O) groups excluding carboxylic acids is 3. The Kier molecular flexibility index (Phi) is 7.24. The summed E-state index contributed by atoms with van der Waals surface area (Å²) < 4.78 is 5.48. The fourth-order valence-electron chi connectivity index (χ4n) is 2.80. The van der Waals surface area contributed by atoms with E-state index in [1.165, 1.54) is 17.8 Å². The molecule has 1 N–H and O–H groups in total. The third kappa shape index (κ3) is 5.91. The highest BCUT2D eigenvalue weighted by Crippen LogP contribution is 2.24. The van der Waals surface area contributed by atoms with Crippen molar-refractivity contribution >= 4 is 40.6 Å². The summed E-state index contributed by atoms with van der Waals surface area (Å²) in [5, 5.41) is 2.92. The summed E-state index contributed by atoms with van der Waals surface area (Å²) in [7, 11) is 0. The maximum atomic E-state index is 11.9. The fraction of sp³-hybridized carbons (Fsp3) is 0.588. The van der Waals surface area contributed by atoms with Crippen molar-refractivity contribution < 1.29 is 19.1 Å². The molecule has 1 fully saturated rings. The van der Waals surface area contributed by atoms with Crippen LogP contribution in [-0.4, -0.2) is 30.3 Å². The highest BCUT2D eigenvalue weighted by atomic mass is 35.5. The Morgan fingerprint density at radius 1 is 1.25 bits per heavy atom. The van der Waals surface area contributed by atoms with Crippen molar-refractivity contribution in [2.45, 2.75) is 51.5 Å². The van der Waals surface area contributed by atoms with Crippen molar-refractivity contribution in [2.24, 2.45) is 5.92 Å². The number of carbonyl (C=O) groups is 3. The fourth-order valence-corrected chi connectivity index (χ4v) is 3.81. The number of thiophene rings is 1. The molecule has 7 heteroatoms. The van der Waals surface area contributed by atoms with Crippen LogP contribution in [0.4, 0.5) is 0 Å². The van der Waals surface area contributed by atoms with Gasteiger partial charge in [0.1, 0.15) is 0 Å². The van der Waals surface area contributed by atoms with Crippen molar-refractivity contribution in [1.29, 1.82) is 0 Å². The lowest BCUT2D eigenvalue weighted by molar-refractivity contribution is -0.148. The van der Waals surface area contributed by atoms with Crippen LogP contribution in [0.25, 0.3) is 0 Å². The first kappa shape index (κ1) is 18.9. The van der Waals surface area contributed by atoms with Crippen LogP contribution in [0, 0.1) is 5.92 Å². The standard InChI is InChI=1S/C17H22ClNO4S/c1-11-4-2-3-5-12(11)19-16(21)10-23-17(22)9-6-13(20)14-7-8-15(18)24-14/h7-8,11-12H,2-6,9-10H2,1H3,(H,19,21)/t11-,12-/m0/s1. The molecular formula is C17H22ClNO4S. The van der Waals surface area contributed by atoms with Gasteiger partial charge in [-0.05, 0) is 30.9 Å². The van der Waals surface area contributed by atoms with Crippen molar-refractivity contribution in [3.63, 3.8) is 0 Å². The molecule has 1 aliphatic rings. The van der Waals surface area contributed by atoms with E-state index in [2.05, 4.69) is 12.2 Å². The number of ketones is 1. The molecule has 1 aliphatic carbocycles. The molecule has 1 heterocycles. The Bertz CT molecular complexity index is 601. The minimum absolute atomic E-state index is 0.0402. The Balaban J connectivity index is 1.65. The number of esters is 1. The molecule has 1 aromatic heterocycles. The van der Waals surface area contributed by atoms with Gasteiger partial charge in [-0.15, -0.1) is 11.3 Å². The van der Waals surface area contributed by atoms with Crippen LogP contribution in [-0.2, 0) is 14.3 Å². The second-order valence-electron chi connectivity index (χ2n) is 6.12. The summed E-state index contributed by atoms with van der Waals surface area (Å²) in [5.41, 5.74) is 0. The van der Waals surface area contributed by atoms with E-state index in [1.54, 1.807) is 12.1 Å². The van der Waals surface area contributed by atoms with Gasteiger partial charge >= 0.3 is 5.97 Å². The quantitative estimate of drug-likeness (QED) is 0.587. The molecule has 24 heavy (non-hydrogen) atoms. The van der Waals surface area contributed by atoms with Gasteiger partial charge in [0.25, 0.3) is 5.91 Å². The van der Waals surface area contributed by atoms with Crippen LogP contribution in [0.3, 0.4) is 0 Å². The van der Waals surface area contributed by atoms with Crippen molar-refractivity contribution in [3.8, 4) is 0 Å². The number of Topliss-reactive ketones (excluding diaryl/α,β-unsaturated/α-hetero) is 1. The highest BCUT2D eigenvalue weighted by Gasteiger charge is 2.23.